The third kappa shape index (κ3) is 1.92. The van der Waals surface area contributed by atoms with Gasteiger partial charge in [0.2, 0.25) is 0 Å². The lowest BCUT2D eigenvalue weighted by molar-refractivity contribution is 0.473. The molecule has 0 fully saturated rings. The van der Waals surface area contributed by atoms with Gasteiger partial charge in [0.25, 0.3) is 0 Å². The maximum Gasteiger partial charge on any atom is 0.133 e. The Morgan fingerprint density at radius 3 is 2.13 bits per heavy atom. The minimum atomic E-state index is 0.118. The average Bonchev–Trinajstić information content (AvgIpc) is 2.30. The first-order valence-corrected chi connectivity index (χ1v) is 4.31. The number of nitrogens with zero attached hydrogens (tertiary/aromatic N) is 3. The van der Waals surface area contributed by atoms with Crippen LogP contribution in [-0.4, -0.2) is 15.1 Å². The van der Waals surface area contributed by atoms with Crippen LogP contribution < -0.4 is 0 Å². The number of aromatic nitrogens is 2. The predicted molar refractivity (Wildman–Crippen MR) is 53.8 cm³/mol. The van der Waals surface area contributed by atoms with E-state index in [9.17, 15) is 0 Å². The van der Waals surface area contributed by atoms with E-state index in [1.165, 1.54) is 12.4 Å². The summed E-state index contributed by atoms with van der Waals surface area (Å²) in [6.07, 6.45) is 2.85. The highest BCUT2D eigenvalue weighted by Crippen LogP contribution is 2.16. The summed E-state index contributed by atoms with van der Waals surface area (Å²) < 4.78 is 0. The monoisotopic (exact) mass is 197 g/mol. The number of pyridine rings is 2. The largest absolute Gasteiger partial charge is 0.506 e. The molecule has 0 radical (unpaired) electrons. The van der Waals surface area contributed by atoms with Crippen LogP contribution in [0.25, 0.3) is 11.4 Å². The molecule has 4 nitrogen and oxygen atoms in total. The predicted octanol–water partition coefficient (Wildman–Crippen LogP) is 1.72. The summed E-state index contributed by atoms with van der Waals surface area (Å²) in [6.45, 7) is 0. The number of rotatable bonds is 1. The van der Waals surface area contributed by atoms with Crippen LogP contribution in [0.4, 0.5) is 0 Å². The second kappa shape index (κ2) is 3.76. The lowest BCUT2D eigenvalue weighted by Gasteiger charge is -1.99. The van der Waals surface area contributed by atoms with E-state index in [0.717, 1.165) is 0 Å². The molecule has 2 heterocycles. The normalized spacial score (nSPS) is 9.53. The molecule has 0 aliphatic carbocycles. The van der Waals surface area contributed by atoms with E-state index in [1.54, 1.807) is 24.3 Å². The highest BCUT2D eigenvalue weighted by Gasteiger charge is 2.00. The van der Waals surface area contributed by atoms with Crippen molar-refractivity contribution in [1.82, 2.24) is 9.97 Å². The van der Waals surface area contributed by atoms with Gasteiger partial charge in [-0.25, -0.2) is 0 Å². The van der Waals surface area contributed by atoms with E-state index in [4.69, 9.17) is 10.4 Å². The summed E-state index contributed by atoms with van der Waals surface area (Å²) in [5.74, 6) is 0.118. The van der Waals surface area contributed by atoms with Crippen molar-refractivity contribution in [3.63, 3.8) is 0 Å². The standard InChI is InChI=1S/C11H7N3O/c12-5-8-1-3-10(13-6-8)11-4-2-9(15)7-14-11/h1-4,6-7,15H. The van der Waals surface area contributed by atoms with Crippen LogP contribution >= 0.6 is 0 Å². The molecule has 0 saturated heterocycles. The molecule has 0 unspecified atom stereocenters. The van der Waals surface area contributed by atoms with Crippen molar-refractivity contribution in [3.8, 4) is 23.2 Å². The first kappa shape index (κ1) is 9.16. The van der Waals surface area contributed by atoms with Crippen LogP contribution in [0, 0.1) is 11.3 Å². The maximum absolute atomic E-state index is 9.06. The van der Waals surface area contributed by atoms with Crippen molar-refractivity contribution in [2.75, 3.05) is 0 Å². The molecular formula is C11H7N3O. The van der Waals surface area contributed by atoms with Gasteiger partial charge in [0.15, 0.2) is 0 Å². The van der Waals surface area contributed by atoms with Crippen molar-refractivity contribution in [2.24, 2.45) is 0 Å². The maximum atomic E-state index is 9.06. The third-order valence-corrected chi connectivity index (χ3v) is 1.90. The van der Waals surface area contributed by atoms with E-state index in [-0.39, 0.29) is 5.75 Å². The second-order valence-electron chi connectivity index (χ2n) is 2.95. The van der Waals surface area contributed by atoms with E-state index < -0.39 is 0 Å². The fourth-order valence-corrected chi connectivity index (χ4v) is 1.15. The fraction of sp³-hybridized carbons (Fsp3) is 0. The number of nitriles is 1. The van der Waals surface area contributed by atoms with Crippen LogP contribution in [-0.2, 0) is 0 Å². The van der Waals surface area contributed by atoms with Crippen LogP contribution in [0.5, 0.6) is 5.75 Å². The average molecular weight is 197 g/mol. The molecule has 0 saturated carbocycles. The van der Waals surface area contributed by atoms with Crippen LogP contribution in [0.3, 0.4) is 0 Å². The summed E-state index contributed by atoms with van der Waals surface area (Å²) in [6, 6.07) is 8.60. The highest BCUT2D eigenvalue weighted by atomic mass is 16.3. The van der Waals surface area contributed by atoms with E-state index in [2.05, 4.69) is 9.97 Å². The quantitative estimate of drug-likeness (QED) is 0.755. The van der Waals surface area contributed by atoms with E-state index in [0.29, 0.717) is 17.0 Å². The minimum Gasteiger partial charge on any atom is -0.506 e. The molecule has 1 N–H and O–H groups in total. The van der Waals surface area contributed by atoms with Gasteiger partial charge in [-0.1, -0.05) is 0 Å². The summed E-state index contributed by atoms with van der Waals surface area (Å²) in [7, 11) is 0. The smallest absolute Gasteiger partial charge is 0.133 e. The molecule has 0 amide bonds. The van der Waals surface area contributed by atoms with Gasteiger partial charge in [0, 0.05) is 6.20 Å². The van der Waals surface area contributed by atoms with Gasteiger partial charge in [-0.3, -0.25) is 9.97 Å². The van der Waals surface area contributed by atoms with Gasteiger partial charge in [-0.15, -0.1) is 0 Å². The van der Waals surface area contributed by atoms with Gasteiger partial charge < -0.3 is 5.11 Å². The number of aromatic hydroxyl groups is 1. The molecule has 4 heteroatoms. The zero-order valence-corrected chi connectivity index (χ0v) is 7.75. The summed E-state index contributed by atoms with van der Waals surface area (Å²) in [4.78, 5) is 8.09. The molecule has 2 rings (SSSR count). The zero-order valence-electron chi connectivity index (χ0n) is 7.75. The molecule has 0 spiro atoms. The van der Waals surface area contributed by atoms with Crippen LogP contribution in [0.1, 0.15) is 5.56 Å². The van der Waals surface area contributed by atoms with Gasteiger partial charge in [0.1, 0.15) is 11.8 Å². The minimum absolute atomic E-state index is 0.118. The lowest BCUT2D eigenvalue weighted by atomic mass is 10.2. The molecule has 0 atom stereocenters. The van der Waals surface area contributed by atoms with Crippen molar-refractivity contribution in [2.45, 2.75) is 0 Å². The Balaban J connectivity index is 2.38. The molecule has 72 valence electrons. The Kier molecular flexibility index (Phi) is 2.30. The van der Waals surface area contributed by atoms with Crippen LogP contribution in [0.2, 0.25) is 0 Å². The lowest BCUT2D eigenvalue weighted by Crippen LogP contribution is -1.87. The second-order valence-corrected chi connectivity index (χ2v) is 2.95. The molecule has 0 aliphatic rings. The highest BCUT2D eigenvalue weighted by molar-refractivity contribution is 5.55. The first-order valence-electron chi connectivity index (χ1n) is 4.31. The van der Waals surface area contributed by atoms with Gasteiger partial charge in [-0.2, -0.15) is 5.26 Å². The Morgan fingerprint density at radius 2 is 1.67 bits per heavy atom. The summed E-state index contributed by atoms with van der Waals surface area (Å²) in [5.41, 5.74) is 1.85. The molecule has 15 heavy (non-hydrogen) atoms. The Bertz CT molecular complexity index is 497. The Hall–Kier alpha value is -2.41. The molecule has 0 aliphatic heterocycles. The fourth-order valence-electron chi connectivity index (χ4n) is 1.15. The molecule has 0 aromatic carbocycles. The third-order valence-electron chi connectivity index (χ3n) is 1.90. The number of hydrogen-bond acceptors (Lipinski definition) is 4. The topological polar surface area (TPSA) is 69.8 Å². The summed E-state index contributed by atoms with van der Waals surface area (Å²) >= 11 is 0. The van der Waals surface area contributed by atoms with Crippen molar-refractivity contribution < 1.29 is 5.11 Å². The summed E-state index contributed by atoms with van der Waals surface area (Å²) in [5, 5.41) is 17.7. The molecule has 0 bridgehead atoms. The van der Waals surface area contributed by atoms with E-state index in [1.807, 2.05) is 6.07 Å². The molecular weight excluding hydrogens is 190 g/mol. The molecule has 2 aromatic rings. The van der Waals surface area contributed by atoms with Gasteiger partial charge >= 0.3 is 0 Å². The van der Waals surface area contributed by atoms with Crippen molar-refractivity contribution in [1.29, 1.82) is 5.26 Å². The van der Waals surface area contributed by atoms with Crippen molar-refractivity contribution in [3.05, 3.63) is 42.2 Å². The molecule has 2 aromatic heterocycles. The Labute approximate surface area is 86.5 Å². The van der Waals surface area contributed by atoms with Gasteiger partial charge in [-0.05, 0) is 24.3 Å². The van der Waals surface area contributed by atoms with Crippen LogP contribution in [0.15, 0.2) is 36.7 Å². The SMILES string of the molecule is N#Cc1ccc(-c2ccc(O)cn2)nc1. The number of hydrogen-bond donors (Lipinski definition) is 1. The zero-order chi connectivity index (χ0) is 10.7. The Morgan fingerprint density at radius 1 is 1.00 bits per heavy atom. The van der Waals surface area contributed by atoms with Gasteiger partial charge in [0.05, 0.1) is 23.1 Å². The van der Waals surface area contributed by atoms with E-state index >= 15 is 0 Å². The first-order chi connectivity index (χ1) is 7.29. The van der Waals surface area contributed by atoms with Crippen molar-refractivity contribution >= 4 is 0 Å².